The van der Waals surface area contributed by atoms with Gasteiger partial charge in [0.25, 0.3) is 0 Å². The molecule has 0 aliphatic rings. The number of nitrogens with zero attached hydrogens (tertiary/aromatic N) is 1. The molecule has 21 heavy (non-hydrogen) atoms. The fraction of sp³-hybridized carbons (Fsp3) is 0.200. The van der Waals surface area contributed by atoms with E-state index in [0.717, 1.165) is 17.9 Å². The van der Waals surface area contributed by atoms with E-state index < -0.39 is 10.0 Å². The summed E-state index contributed by atoms with van der Waals surface area (Å²) in [7, 11) is -3.80. The summed E-state index contributed by atoms with van der Waals surface area (Å²) in [5.74, 6) is 0. The molecule has 0 atom stereocenters. The standard InChI is InChI=1S/C15H19N3O2S/c1-3-18(12-6-4-11(2)5-7-12)13-8-9-15(14(16)10-13)21(17,19)20/h4-10H,3,16H2,1-2H3,(H2,17,19,20). The molecule has 4 N–H and O–H groups in total. The summed E-state index contributed by atoms with van der Waals surface area (Å²) in [5, 5.41) is 5.12. The molecular weight excluding hydrogens is 286 g/mol. The minimum Gasteiger partial charge on any atom is -0.398 e. The molecule has 0 saturated carbocycles. The summed E-state index contributed by atoms with van der Waals surface area (Å²) < 4.78 is 22.8. The molecule has 2 rings (SSSR count). The topological polar surface area (TPSA) is 89.4 Å². The molecule has 112 valence electrons. The molecule has 0 heterocycles. The Kier molecular flexibility index (Phi) is 4.20. The van der Waals surface area contributed by atoms with E-state index in [1.54, 1.807) is 12.1 Å². The minimum absolute atomic E-state index is 0.0498. The van der Waals surface area contributed by atoms with Crippen LogP contribution in [0.5, 0.6) is 0 Å². The van der Waals surface area contributed by atoms with Crippen LogP contribution in [0.2, 0.25) is 0 Å². The zero-order valence-electron chi connectivity index (χ0n) is 12.1. The zero-order chi connectivity index (χ0) is 15.6. The first kappa shape index (κ1) is 15.3. The third kappa shape index (κ3) is 3.34. The van der Waals surface area contributed by atoms with Crippen molar-refractivity contribution in [2.24, 2.45) is 5.14 Å². The van der Waals surface area contributed by atoms with E-state index >= 15 is 0 Å². The molecule has 0 aliphatic carbocycles. The number of nitrogens with two attached hydrogens (primary N) is 2. The molecule has 0 aromatic heterocycles. The van der Waals surface area contributed by atoms with Crippen molar-refractivity contribution in [1.82, 2.24) is 0 Å². The third-order valence-corrected chi connectivity index (χ3v) is 4.26. The largest absolute Gasteiger partial charge is 0.398 e. The lowest BCUT2D eigenvalue weighted by Gasteiger charge is -2.24. The molecule has 6 heteroatoms. The molecule has 0 radical (unpaired) electrons. The SMILES string of the molecule is CCN(c1ccc(C)cc1)c1ccc(S(N)(=O)=O)c(N)c1. The van der Waals surface area contributed by atoms with Crippen molar-refractivity contribution in [3.05, 3.63) is 48.0 Å². The lowest BCUT2D eigenvalue weighted by atomic mass is 10.2. The van der Waals surface area contributed by atoms with Gasteiger partial charge in [-0.05, 0) is 44.2 Å². The van der Waals surface area contributed by atoms with Gasteiger partial charge in [-0.15, -0.1) is 0 Å². The van der Waals surface area contributed by atoms with Crippen molar-refractivity contribution in [2.45, 2.75) is 18.7 Å². The summed E-state index contributed by atoms with van der Waals surface area (Å²) in [6, 6.07) is 12.9. The average Bonchev–Trinajstić information content (AvgIpc) is 2.40. The van der Waals surface area contributed by atoms with Gasteiger partial charge < -0.3 is 10.6 Å². The number of rotatable bonds is 4. The number of benzene rings is 2. The average molecular weight is 305 g/mol. The summed E-state index contributed by atoms with van der Waals surface area (Å²) in [6.07, 6.45) is 0. The summed E-state index contributed by atoms with van der Waals surface area (Å²) in [4.78, 5) is 1.99. The first-order valence-corrected chi connectivity index (χ1v) is 8.14. The molecule has 0 bridgehead atoms. The van der Waals surface area contributed by atoms with Gasteiger partial charge in [-0.1, -0.05) is 17.7 Å². The number of hydrogen-bond acceptors (Lipinski definition) is 4. The molecule has 0 amide bonds. The molecule has 2 aromatic carbocycles. The van der Waals surface area contributed by atoms with Crippen LogP contribution in [0.1, 0.15) is 12.5 Å². The van der Waals surface area contributed by atoms with Gasteiger partial charge in [-0.25, -0.2) is 13.6 Å². The van der Waals surface area contributed by atoms with Crippen LogP contribution >= 0.6 is 0 Å². The Morgan fingerprint density at radius 1 is 1.05 bits per heavy atom. The molecule has 2 aromatic rings. The smallest absolute Gasteiger partial charge is 0.240 e. The van der Waals surface area contributed by atoms with E-state index in [4.69, 9.17) is 10.9 Å². The van der Waals surface area contributed by atoms with E-state index in [1.165, 1.54) is 11.6 Å². The molecule has 5 nitrogen and oxygen atoms in total. The van der Waals surface area contributed by atoms with Crippen molar-refractivity contribution in [3.8, 4) is 0 Å². The fourth-order valence-electron chi connectivity index (χ4n) is 2.20. The number of aryl methyl sites for hydroxylation is 1. The first-order chi connectivity index (χ1) is 9.82. The van der Waals surface area contributed by atoms with Crippen molar-refractivity contribution in [3.63, 3.8) is 0 Å². The Bertz CT molecular complexity index is 740. The summed E-state index contributed by atoms with van der Waals surface area (Å²) >= 11 is 0. The van der Waals surface area contributed by atoms with Gasteiger partial charge >= 0.3 is 0 Å². The molecule has 0 saturated heterocycles. The second kappa shape index (κ2) is 5.75. The minimum atomic E-state index is -3.80. The van der Waals surface area contributed by atoms with Gasteiger partial charge in [0.2, 0.25) is 10.0 Å². The van der Waals surface area contributed by atoms with Crippen LogP contribution in [0, 0.1) is 6.92 Å². The number of primary sulfonamides is 1. The lowest BCUT2D eigenvalue weighted by molar-refractivity contribution is 0.598. The quantitative estimate of drug-likeness (QED) is 0.849. The van der Waals surface area contributed by atoms with Crippen molar-refractivity contribution >= 4 is 27.1 Å². The number of anilines is 3. The molecule has 0 fully saturated rings. The fourth-order valence-corrected chi connectivity index (χ4v) is 2.85. The molecule has 0 spiro atoms. The van der Waals surface area contributed by atoms with Gasteiger partial charge in [0.05, 0.1) is 5.69 Å². The maximum absolute atomic E-state index is 11.4. The second-order valence-electron chi connectivity index (χ2n) is 4.85. The third-order valence-electron chi connectivity index (χ3n) is 3.27. The maximum atomic E-state index is 11.4. The predicted molar refractivity (Wildman–Crippen MR) is 86.1 cm³/mol. The molecule has 0 unspecified atom stereocenters. The zero-order valence-corrected chi connectivity index (χ0v) is 12.9. The highest BCUT2D eigenvalue weighted by Crippen LogP contribution is 2.29. The van der Waals surface area contributed by atoms with Crippen LogP contribution in [-0.4, -0.2) is 15.0 Å². The normalized spacial score (nSPS) is 11.4. The number of hydrogen-bond donors (Lipinski definition) is 2. The highest BCUT2D eigenvalue weighted by molar-refractivity contribution is 7.89. The Balaban J connectivity index is 2.44. The van der Waals surface area contributed by atoms with Crippen LogP contribution in [0.3, 0.4) is 0 Å². The van der Waals surface area contributed by atoms with E-state index in [-0.39, 0.29) is 10.6 Å². The van der Waals surface area contributed by atoms with Crippen molar-refractivity contribution in [1.29, 1.82) is 0 Å². The van der Waals surface area contributed by atoms with Gasteiger partial charge in [0, 0.05) is 17.9 Å². The van der Waals surface area contributed by atoms with Crippen molar-refractivity contribution < 1.29 is 8.42 Å². The van der Waals surface area contributed by atoms with E-state index in [2.05, 4.69) is 0 Å². The first-order valence-electron chi connectivity index (χ1n) is 6.59. The number of nitrogen functional groups attached to an aromatic ring is 1. The van der Waals surface area contributed by atoms with Crippen LogP contribution in [0.25, 0.3) is 0 Å². The number of sulfonamides is 1. The van der Waals surface area contributed by atoms with Gasteiger partial charge in [0.15, 0.2) is 0 Å². The van der Waals surface area contributed by atoms with Gasteiger partial charge in [-0.3, -0.25) is 0 Å². The Morgan fingerprint density at radius 3 is 2.10 bits per heavy atom. The second-order valence-corrected chi connectivity index (χ2v) is 6.38. The Hall–Kier alpha value is -2.05. The lowest BCUT2D eigenvalue weighted by Crippen LogP contribution is -2.18. The molecular formula is C15H19N3O2S. The molecule has 0 aliphatic heterocycles. The predicted octanol–water partition coefficient (Wildman–Crippen LogP) is 2.38. The van der Waals surface area contributed by atoms with Crippen molar-refractivity contribution in [2.75, 3.05) is 17.2 Å². The maximum Gasteiger partial charge on any atom is 0.240 e. The van der Waals surface area contributed by atoms with Crippen LogP contribution in [-0.2, 0) is 10.0 Å². The van der Waals surface area contributed by atoms with Crippen LogP contribution < -0.4 is 15.8 Å². The van der Waals surface area contributed by atoms with E-state index in [1.807, 2.05) is 43.0 Å². The van der Waals surface area contributed by atoms with Gasteiger partial charge in [0.1, 0.15) is 4.90 Å². The Labute approximate surface area is 125 Å². The Morgan fingerprint density at radius 2 is 1.62 bits per heavy atom. The summed E-state index contributed by atoms with van der Waals surface area (Å²) in [6.45, 7) is 4.78. The monoisotopic (exact) mass is 305 g/mol. The summed E-state index contributed by atoms with van der Waals surface area (Å²) in [5.41, 5.74) is 8.99. The van der Waals surface area contributed by atoms with Crippen LogP contribution in [0.4, 0.5) is 17.1 Å². The highest BCUT2D eigenvalue weighted by Gasteiger charge is 2.15. The van der Waals surface area contributed by atoms with E-state index in [9.17, 15) is 8.42 Å². The highest BCUT2D eigenvalue weighted by atomic mass is 32.2. The van der Waals surface area contributed by atoms with E-state index in [0.29, 0.717) is 0 Å². The van der Waals surface area contributed by atoms with Crippen LogP contribution in [0.15, 0.2) is 47.4 Å². The van der Waals surface area contributed by atoms with Gasteiger partial charge in [-0.2, -0.15) is 0 Å².